The number of hydrogen-bond acceptors (Lipinski definition) is 8. The number of ether oxygens (including phenoxy) is 1. The Kier molecular flexibility index (Phi) is 5.23. The lowest BCUT2D eigenvalue weighted by atomic mass is 10.0. The van der Waals surface area contributed by atoms with Gasteiger partial charge < -0.3 is 25.4 Å². The van der Waals surface area contributed by atoms with Crippen LogP contribution in [0.25, 0.3) is 11.2 Å². The molecule has 1 fully saturated rings. The Bertz CT molecular complexity index is 934. The van der Waals surface area contributed by atoms with Crippen LogP contribution in [0.5, 0.6) is 0 Å². The predicted octanol–water partition coefficient (Wildman–Crippen LogP) is 0.653. The Morgan fingerprint density at radius 3 is 2.64 bits per heavy atom. The highest BCUT2D eigenvalue weighted by Crippen LogP contribution is 2.32. The van der Waals surface area contributed by atoms with Crippen molar-refractivity contribution < 1.29 is 20.1 Å². The lowest BCUT2D eigenvalue weighted by Gasteiger charge is -2.17. The first-order chi connectivity index (χ1) is 13.6. The largest absolute Gasteiger partial charge is 0.394 e. The molecule has 2 aromatic heterocycles. The first-order valence-electron chi connectivity index (χ1n) is 9.19. The Morgan fingerprint density at radius 2 is 1.93 bits per heavy atom. The molecule has 3 aromatic rings. The first kappa shape index (κ1) is 18.8. The van der Waals surface area contributed by atoms with E-state index in [0.29, 0.717) is 23.5 Å². The van der Waals surface area contributed by atoms with Crippen molar-refractivity contribution in [3.8, 4) is 0 Å². The normalized spacial score (nSPS) is 25.9. The van der Waals surface area contributed by atoms with E-state index in [1.807, 2.05) is 18.2 Å². The third-order valence-corrected chi connectivity index (χ3v) is 5.09. The minimum Gasteiger partial charge on any atom is -0.394 e. The van der Waals surface area contributed by atoms with E-state index < -0.39 is 24.5 Å². The van der Waals surface area contributed by atoms with E-state index in [4.69, 9.17) is 4.74 Å². The second kappa shape index (κ2) is 7.80. The molecule has 1 saturated heterocycles. The molecule has 9 nitrogen and oxygen atoms in total. The molecule has 3 heterocycles. The Hall–Kier alpha value is -2.59. The minimum absolute atomic E-state index is 0.272. The van der Waals surface area contributed by atoms with Crippen LogP contribution in [-0.2, 0) is 4.74 Å². The molecule has 1 aliphatic heterocycles. The average Bonchev–Trinajstić information content (AvgIpc) is 3.28. The van der Waals surface area contributed by atoms with Gasteiger partial charge in [0.25, 0.3) is 0 Å². The van der Waals surface area contributed by atoms with Crippen molar-refractivity contribution in [1.29, 1.82) is 0 Å². The molecule has 0 bridgehead atoms. The molecule has 28 heavy (non-hydrogen) atoms. The van der Waals surface area contributed by atoms with Crippen molar-refractivity contribution in [2.24, 2.45) is 0 Å². The van der Waals surface area contributed by atoms with Crippen LogP contribution in [0.4, 0.5) is 5.82 Å². The number of aliphatic hydroxyl groups excluding tert-OH is 3. The molecular formula is C19H23N5O4. The quantitative estimate of drug-likeness (QED) is 0.487. The Balaban J connectivity index is 1.56. The Morgan fingerprint density at radius 1 is 1.14 bits per heavy atom. The summed E-state index contributed by atoms with van der Waals surface area (Å²) in [5.74, 6) is 0.854. The molecule has 0 spiro atoms. The third-order valence-electron chi connectivity index (χ3n) is 5.09. The molecule has 1 aromatic carbocycles. The van der Waals surface area contributed by atoms with E-state index in [1.54, 1.807) is 4.57 Å². The molecule has 148 valence electrons. The van der Waals surface area contributed by atoms with E-state index in [9.17, 15) is 15.3 Å². The van der Waals surface area contributed by atoms with Crippen LogP contribution in [0.1, 0.15) is 24.6 Å². The van der Waals surface area contributed by atoms with E-state index in [-0.39, 0.29) is 12.5 Å². The van der Waals surface area contributed by atoms with Gasteiger partial charge in [-0.25, -0.2) is 15.0 Å². The van der Waals surface area contributed by atoms with Gasteiger partial charge in [-0.3, -0.25) is 4.57 Å². The van der Waals surface area contributed by atoms with Crippen LogP contribution in [-0.4, -0.2) is 66.3 Å². The van der Waals surface area contributed by atoms with Crippen LogP contribution < -0.4 is 5.32 Å². The number of imidazole rings is 1. The summed E-state index contributed by atoms with van der Waals surface area (Å²) in [7, 11) is 0. The highest BCUT2D eigenvalue weighted by Gasteiger charge is 2.44. The van der Waals surface area contributed by atoms with Crippen molar-refractivity contribution in [1.82, 2.24) is 19.5 Å². The SMILES string of the molecule is C[C@H](CNc1ncnc2c1ncn2[C@@H]1O[C@H](CO)[C@@H](O)[C@H]1O)c1ccccc1. The van der Waals surface area contributed by atoms with Gasteiger partial charge in [-0.05, 0) is 11.5 Å². The number of nitrogens with zero attached hydrogens (tertiary/aromatic N) is 4. The standard InChI is InChI=1S/C19H23N5O4/c1-11(12-5-3-2-4-6-12)7-20-17-14-18(22-9-21-17)24(10-23-14)19-16(27)15(26)13(8-25)28-19/h2-6,9-11,13,15-16,19,25-27H,7-8H2,1H3,(H,20,21,22)/t11-,13-,15-,16-,19-/m1/s1. The van der Waals surface area contributed by atoms with Crippen LogP contribution in [0.2, 0.25) is 0 Å². The van der Waals surface area contributed by atoms with E-state index >= 15 is 0 Å². The summed E-state index contributed by atoms with van der Waals surface area (Å²) in [6.45, 7) is 2.40. The van der Waals surface area contributed by atoms with Gasteiger partial charge in [0.15, 0.2) is 23.2 Å². The number of benzene rings is 1. The van der Waals surface area contributed by atoms with Gasteiger partial charge in [-0.1, -0.05) is 37.3 Å². The first-order valence-corrected chi connectivity index (χ1v) is 9.19. The number of aromatic nitrogens is 4. The van der Waals surface area contributed by atoms with Crippen molar-refractivity contribution in [2.45, 2.75) is 37.4 Å². The zero-order valence-electron chi connectivity index (χ0n) is 15.4. The van der Waals surface area contributed by atoms with E-state index in [1.165, 1.54) is 18.2 Å². The van der Waals surface area contributed by atoms with Gasteiger partial charge >= 0.3 is 0 Å². The second-order valence-electron chi connectivity index (χ2n) is 6.97. The van der Waals surface area contributed by atoms with E-state index in [2.05, 4.69) is 39.3 Å². The van der Waals surface area contributed by atoms with Crippen LogP contribution >= 0.6 is 0 Å². The van der Waals surface area contributed by atoms with Crippen molar-refractivity contribution in [3.63, 3.8) is 0 Å². The molecule has 5 atom stereocenters. The monoisotopic (exact) mass is 385 g/mol. The number of hydrogen-bond donors (Lipinski definition) is 4. The zero-order valence-corrected chi connectivity index (χ0v) is 15.4. The number of fused-ring (bicyclic) bond motifs is 1. The topological polar surface area (TPSA) is 126 Å². The summed E-state index contributed by atoms with van der Waals surface area (Å²) in [5.41, 5.74) is 2.23. The summed E-state index contributed by atoms with van der Waals surface area (Å²) in [6.07, 6.45) is -1.22. The minimum atomic E-state index is -1.20. The molecule has 4 rings (SSSR count). The maximum atomic E-state index is 10.3. The van der Waals surface area contributed by atoms with Crippen LogP contribution in [0, 0.1) is 0 Å². The van der Waals surface area contributed by atoms with Gasteiger partial charge in [0.1, 0.15) is 24.6 Å². The van der Waals surface area contributed by atoms with Gasteiger partial charge in [0.2, 0.25) is 0 Å². The molecule has 0 unspecified atom stereocenters. The highest BCUT2D eigenvalue weighted by molar-refractivity contribution is 5.82. The molecule has 0 aliphatic carbocycles. The van der Waals surface area contributed by atoms with Crippen molar-refractivity contribution >= 4 is 17.0 Å². The van der Waals surface area contributed by atoms with Gasteiger partial charge in [0.05, 0.1) is 12.9 Å². The number of aliphatic hydroxyl groups is 3. The second-order valence-corrected chi connectivity index (χ2v) is 6.97. The fourth-order valence-electron chi connectivity index (χ4n) is 3.43. The lowest BCUT2D eigenvalue weighted by molar-refractivity contribution is -0.0511. The van der Waals surface area contributed by atoms with Crippen molar-refractivity contribution in [3.05, 3.63) is 48.5 Å². The van der Waals surface area contributed by atoms with Crippen LogP contribution in [0.3, 0.4) is 0 Å². The number of rotatable bonds is 6. The molecule has 9 heteroatoms. The molecule has 0 radical (unpaired) electrons. The molecular weight excluding hydrogens is 362 g/mol. The predicted molar refractivity (Wildman–Crippen MR) is 102 cm³/mol. The van der Waals surface area contributed by atoms with Gasteiger partial charge in [0, 0.05) is 6.54 Å². The lowest BCUT2D eigenvalue weighted by Crippen LogP contribution is -2.33. The smallest absolute Gasteiger partial charge is 0.167 e. The zero-order chi connectivity index (χ0) is 19.7. The maximum Gasteiger partial charge on any atom is 0.167 e. The molecule has 0 amide bonds. The summed E-state index contributed by atoms with van der Waals surface area (Å²) >= 11 is 0. The molecule has 1 aliphatic rings. The summed E-state index contributed by atoms with van der Waals surface area (Å²) in [4.78, 5) is 12.9. The fraction of sp³-hybridized carbons (Fsp3) is 0.421. The third kappa shape index (κ3) is 3.33. The Labute approximate surface area is 161 Å². The van der Waals surface area contributed by atoms with Crippen molar-refractivity contribution in [2.75, 3.05) is 18.5 Å². The van der Waals surface area contributed by atoms with Gasteiger partial charge in [-0.15, -0.1) is 0 Å². The highest BCUT2D eigenvalue weighted by atomic mass is 16.6. The number of anilines is 1. The van der Waals surface area contributed by atoms with E-state index in [0.717, 1.165) is 0 Å². The summed E-state index contributed by atoms with van der Waals surface area (Å²) in [5, 5.41) is 32.9. The molecule has 0 saturated carbocycles. The fourth-order valence-corrected chi connectivity index (χ4v) is 3.43. The number of nitrogens with one attached hydrogen (secondary N) is 1. The average molecular weight is 385 g/mol. The van der Waals surface area contributed by atoms with Gasteiger partial charge in [-0.2, -0.15) is 0 Å². The summed E-state index contributed by atoms with van der Waals surface area (Å²) in [6, 6.07) is 10.2. The summed E-state index contributed by atoms with van der Waals surface area (Å²) < 4.78 is 7.12. The maximum absolute atomic E-state index is 10.3. The van der Waals surface area contributed by atoms with Crippen LogP contribution in [0.15, 0.2) is 43.0 Å². The molecule has 4 N–H and O–H groups in total.